The monoisotopic (exact) mass is 1650 g/mol. The second-order valence-corrected chi connectivity index (χ2v) is 34.0. The van der Waals surface area contributed by atoms with Gasteiger partial charge in [0.25, 0.3) is 0 Å². The highest BCUT2D eigenvalue weighted by Gasteiger charge is 2.45. The van der Waals surface area contributed by atoms with Crippen LogP contribution in [0.1, 0.15) is 224 Å². The maximum absolute atomic E-state index is 15.1. The predicted octanol–water partition coefficient (Wildman–Crippen LogP) is 2.34. The van der Waals surface area contributed by atoms with Gasteiger partial charge in [-0.05, 0) is 193 Å². The van der Waals surface area contributed by atoms with Crippen molar-refractivity contribution in [3.05, 3.63) is 29.8 Å². The summed E-state index contributed by atoms with van der Waals surface area (Å²) in [5.41, 5.74) is 24.5. The number of amides is 13. The Morgan fingerprint density at radius 1 is 0.422 bits per heavy atom. The summed E-state index contributed by atoms with van der Waals surface area (Å²) >= 11 is 1.45. The first-order valence-electron chi connectivity index (χ1n) is 42.2. The third kappa shape index (κ3) is 33.3. The number of rotatable bonds is 54. The summed E-state index contributed by atoms with van der Waals surface area (Å²) in [5.74, 6) is -12.1. The van der Waals surface area contributed by atoms with Gasteiger partial charge in [0, 0.05) is 19.5 Å². The number of carbonyl (C=O) groups is 14. The number of aliphatic carboxylic acids is 1. The van der Waals surface area contributed by atoms with Crippen molar-refractivity contribution in [3.8, 4) is 5.75 Å². The fraction of sp³-hybridized carbons (Fsp3) is 0.756. The number of aromatic hydroxyl groups is 1. The summed E-state index contributed by atoms with van der Waals surface area (Å²) in [6, 6.07) is -10.6. The van der Waals surface area contributed by atoms with E-state index in [1.807, 2.05) is 61.6 Å². The molecule has 0 bridgehead atoms. The molecule has 2 heterocycles. The Morgan fingerprint density at radius 3 is 1.22 bits per heavy atom. The fourth-order valence-electron chi connectivity index (χ4n) is 14.1. The Labute approximate surface area is 691 Å². The van der Waals surface area contributed by atoms with Gasteiger partial charge in [-0.2, -0.15) is 11.8 Å². The molecule has 2 saturated heterocycles. The number of nitrogens with two attached hydrogens (primary N) is 4. The number of phenolic OH excluding ortho intramolecular Hbond substituents is 1. The van der Waals surface area contributed by atoms with E-state index in [4.69, 9.17) is 22.9 Å². The lowest BCUT2D eigenvalue weighted by Crippen LogP contribution is -2.62. The molecule has 0 saturated carbocycles. The van der Waals surface area contributed by atoms with Crippen LogP contribution in [0.4, 0.5) is 0 Å². The van der Waals surface area contributed by atoms with Crippen molar-refractivity contribution < 1.29 is 77.3 Å². The van der Waals surface area contributed by atoms with E-state index in [1.54, 1.807) is 53.7 Å². The van der Waals surface area contributed by atoms with E-state index in [2.05, 4.69) is 58.5 Å². The van der Waals surface area contributed by atoms with E-state index in [-0.39, 0.29) is 114 Å². The highest BCUT2D eigenvalue weighted by Crippen LogP contribution is 2.26. The number of thioether (sulfide) groups is 1. The first-order chi connectivity index (χ1) is 54.8. The fourth-order valence-corrected chi connectivity index (χ4v) is 14.5. The molecule has 0 aromatic heterocycles. The van der Waals surface area contributed by atoms with Gasteiger partial charge >= 0.3 is 5.97 Å². The van der Waals surface area contributed by atoms with Gasteiger partial charge in [0.05, 0.1) is 6.04 Å². The first kappa shape index (κ1) is 102. The lowest BCUT2D eigenvalue weighted by molar-refractivity contribution is -0.145. The molecule has 0 spiro atoms. The van der Waals surface area contributed by atoms with Crippen molar-refractivity contribution in [3.63, 3.8) is 0 Å². The van der Waals surface area contributed by atoms with Crippen molar-refractivity contribution in [1.29, 1.82) is 0 Å². The van der Waals surface area contributed by atoms with E-state index in [0.29, 0.717) is 81.9 Å². The minimum atomic E-state index is -1.32. The smallest absolute Gasteiger partial charge is 0.326 e. The molecule has 116 heavy (non-hydrogen) atoms. The molecular weight excluding hydrogens is 1510 g/mol. The number of likely N-dealkylation sites (tertiary alicyclic amines) is 2. The van der Waals surface area contributed by atoms with Crippen LogP contribution >= 0.6 is 11.8 Å². The SMILES string of the molecule is CC[C@H](C)[C@H](N)C(=O)N[C@@H](CCSC)C(=O)N[C@@H](Cc1ccc(O)cc1)C(=O)N[C@@H](CCCCN)C(=O)N[C@H](C(=O)N1CCC[C@H]1C(=O)N[C@@H](CC(C)C)C(=O)N1CCC[C@H]1C(=O)N[C@H](C(=O)N[C@@H](CCCCN)C(=O)N[C@@H](CCCCN)C(=O)N[C@H](C(=O)N[C@@H](CC(C)C)C(=O)N[C@H](C(=O)O)C(C)C)[C@@H](C)CC)[C@@H](C)CC)C(C)C. The number of nitrogens with zero attached hydrogens (tertiary/aromatic N) is 2. The lowest BCUT2D eigenvalue weighted by atomic mass is 9.95. The summed E-state index contributed by atoms with van der Waals surface area (Å²) in [6.07, 6.45) is 7.50. The number of hydrogen-bond acceptors (Lipinski definition) is 20. The van der Waals surface area contributed by atoms with Crippen LogP contribution in [0.5, 0.6) is 5.75 Å². The molecule has 2 fully saturated rings. The second-order valence-electron chi connectivity index (χ2n) is 33.0. The van der Waals surface area contributed by atoms with Gasteiger partial charge < -0.3 is 101 Å². The Balaban J connectivity index is 1.92. The van der Waals surface area contributed by atoms with Crippen molar-refractivity contribution in [2.45, 2.75) is 310 Å². The second kappa shape index (κ2) is 52.6. The Hall–Kier alpha value is -8.21. The largest absolute Gasteiger partial charge is 0.508 e. The third-order valence-corrected chi connectivity index (χ3v) is 22.6. The number of hydrogen-bond donors (Lipinski definition) is 17. The van der Waals surface area contributed by atoms with Gasteiger partial charge in [0.1, 0.15) is 84.3 Å². The first-order valence-corrected chi connectivity index (χ1v) is 43.5. The van der Waals surface area contributed by atoms with Gasteiger partial charge in [0.2, 0.25) is 76.8 Å². The molecule has 0 unspecified atom stereocenters. The van der Waals surface area contributed by atoms with Crippen LogP contribution < -0.4 is 81.4 Å². The lowest BCUT2D eigenvalue weighted by Gasteiger charge is -2.34. The van der Waals surface area contributed by atoms with Crippen LogP contribution in [0.2, 0.25) is 0 Å². The summed E-state index contributed by atoms with van der Waals surface area (Å²) in [4.78, 5) is 203. The van der Waals surface area contributed by atoms with Crippen LogP contribution in [-0.2, 0) is 73.5 Å². The Kier molecular flexibility index (Phi) is 46.2. The average molecular weight is 1660 g/mol. The van der Waals surface area contributed by atoms with Crippen LogP contribution in [0, 0.1) is 41.4 Å². The number of unbranched alkanes of at least 4 members (excludes halogenated alkanes) is 3. The van der Waals surface area contributed by atoms with Crippen LogP contribution in [0.25, 0.3) is 0 Å². The minimum absolute atomic E-state index is 0.0351. The Bertz CT molecular complexity index is 3330. The quantitative estimate of drug-likeness (QED) is 0.0416. The number of nitrogens with one attached hydrogen (secondary N) is 11. The molecule has 21 N–H and O–H groups in total. The maximum atomic E-state index is 15.1. The van der Waals surface area contributed by atoms with Gasteiger partial charge in [-0.15, -0.1) is 0 Å². The summed E-state index contributed by atoms with van der Waals surface area (Å²) in [6.45, 7) is 26.0. The van der Waals surface area contributed by atoms with Crippen molar-refractivity contribution in [1.82, 2.24) is 68.3 Å². The van der Waals surface area contributed by atoms with Crippen molar-refractivity contribution >= 4 is 94.5 Å². The molecule has 33 nitrogen and oxygen atoms in total. The average Bonchev–Trinajstić information content (AvgIpc) is 1.59. The van der Waals surface area contributed by atoms with E-state index in [0.717, 1.165) is 0 Å². The van der Waals surface area contributed by atoms with E-state index < -0.39 is 191 Å². The van der Waals surface area contributed by atoms with E-state index in [1.165, 1.54) is 33.7 Å². The van der Waals surface area contributed by atoms with Gasteiger partial charge in [-0.25, -0.2) is 4.79 Å². The molecule has 13 amide bonds. The molecule has 17 atom stereocenters. The van der Waals surface area contributed by atoms with Gasteiger partial charge in [-0.1, -0.05) is 128 Å². The van der Waals surface area contributed by atoms with Crippen LogP contribution in [0.3, 0.4) is 0 Å². The highest BCUT2D eigenvalue weighted by atomic mass is 32.2. The standard InChI is InChI=1S/C82H143N17O16S/c1-16-50(12)64(86)77(109)89-58(36-42-116-15)70(102)91-60(45-53-32-34-54(100)35-33-53)73(105)88-56(28-20-23-38-84)71(103)94-65(48(8)9)81(113)99-41-26-30-62(99)75(107)93-61(44-47(6)7)80(112)98-40-25-31-63(98)76(108)97-68(52(14)18-3)78(110)90-55(27-19-22-37-83)69(101)87-57(29-21-24-39-85)72(104)96-67(51(13)17-2)79(111)92-59(43-46(4)5)74(106)95-66(49(10)11)82(114)115/h32-35,46-52,55-68,100H,16-31,36-45,83-86H2,1-15H3,(H,87,101)(H,88,105)(H,89,109)(H,90,110)(H,91,102)(H,92,111)(H,93,107)(H,94,103)(H,95,106)(H,96,104)(H,97,108)(H,114,115)/t50-,51-,52-,55-,56-,57-,58-,59-,60-,61-,62-,63-,64-,65-,66-,67-,68-/m0/s1. The zero-order valence-corrected chi connectivity index (χ0v) is 72.4. The molecule has 1 aromatic rings. The molecule has 34 heteroatoms. The van der Waals surface area contributed by atoms with Crippen LogP contribution in [0.15, 0.2) is 24.3 Å². The molecule has 0 radical (unpaired) electrons. The van der Waals surface area contributed by atoms with Crippen molar-refractivity contribution in [2.24, 2.45) is 64.4 Å². The highest BCUT2D eigenvalue weighted by molar-refractivity contribution is 7.98. The number of benzene rings is 1. The number of carbonyl (C=O) groups excluding carboxylic acids is 13. The molecule has 2 aliphatic rings. The molecule has 0 aliphatic carbocycles. The van der Waals surface area contributed by atoms with Gasteiger partial charge in [0.15, 0.2) is 0 Å². The molecule has 658 valence electrons. The minimum Gasteiger partial charge on any atom is -0.508 e. The molecule has 3 rings (SSSR count). The van der Waals surface area contributed by atoms with E-state index >= 15 is 4.79 Å². The summed E-state index contributed by atoms with van der Waals surface area (Å²) in [5, 5.41) is 50.8. The van der Waals surface area contributed by atoms with E-state index in [9.17, 15) is 72.5 Å². The number of phenols is 1. The Morgan fingerprint density at radius 2 is 0.784 bits per heavy atom. The predicted molar refractivity (Wildman–Crippen MR) is 447 cm³/mol. The number of carboxylic acid groups (broad SMARTS) is 1. The van der Waals surface area contributed by atoms with Crippen molar-refractivity contribution in [2.75, 3.05) is 44.7 Å². The maximum Gasteiger partial charge on any atom is 0.326 e. The zero-order chi connectivity index (χ0) is 87.2. The number of carboxylic acids is 1. The topological polar surface area (TPSA) is 522 Å². The molecule has 2 aliphatic heterocycles. The van der Waals surface area contributed by atoms with Crippen LogP contribution in [-0.4, -0.2) is 232 Å². The summed E-state index contributed by atoms with van der Waals surface area (Å²) in [7, 11) is 0. The van der Waals surface area contributed by atoms with Gasteiger partial charge in [-0.3, -0.25) is 62.3 Å². The normalized spacial score (nSPS) is 18.1. The summed E-state index contributed by atoms with van der Waals surface area (Å²) < 4.78 is 0. The zero-order valence-electron chi connectivity index (χ0n) is 71.5. The molecular formula is C82H143N17O16S. The third-order valence-electron chi connectivity index (χ3n) is 21.9. The molecule has 1 aromatic carbocycles.